The summed E-state index contributed by atoms with van der Waals surface area (Å²) in [5.74, 6) is -0.710. The van der Waals surface area contributed by atoms with Gasteiger partial charge < -0.3 is 40.3 Å². The molecule has 1 heterocycles. The van der Waals surface area contributed by atoms with E-state index in [9.17, 15) is 43.3 Å². The number of rotatable bonds is 41. The molecule has 13 nitrogen and oxygen atoms in total. The Hall–Kier alpha value is -1.46. The number of carbonyl (C=O) groups excluding carboxylic acids is 1. The van der Waals surface area contributed by atoms with Crippen LogP contribution in [-0.4, -0.2) is 107 Å². The van der Waals surface area contributed by atoms with Crippen LogP contribution in [0.2, 0.25) is 0 Å². The topological polar surface area (TPSA) is 212 Å². The van der Waals surface area contributed by atoms with Crippen molar-refractivity contribution in [3.05, 3.63) is 24.3 Å². The Morgan fingerprint density at radius 1 is 0.656 bits per heavy atom. The molecule has 0 saturated carbocycles. The fourth-order valence-corrected chi connectivity index (χ4v) is 8.20. The fourth-order valence-electron chi connectivity index (χ4n) is 7.69. The number of nitrogens with one attached hydrogen (secondary N) is 1. The highest BCUT2D eigenvalue weighted by molar-refractivity contribution is 7.80. The molecule has 0 aliphatic carbocycles. The predicted octanol–water partition coefficient (Wildman–Crippen LogP) is 8.69. The Kier molecular flexibility index (Phi) is 35.7. The van der Waals surface area contributed by atoms with Crippen LogP contribution in [0.15, 0.2) is 24.3 Å². The molecule has 1 amide bonds. The Morgan fingerprint density at radius 2 is 1.08 bits per heavy atom. The molecule has 1 aliphatic rings. The summed E-state index contributed by atoms with van der Waals surface area (Å²) >= 11 is 0. The van der Waals surface area contributed by atoms with Gasteiger partial charge in [0.25, 0.3) is 0 Å². The second-order valence-corrected chi connectivity index (χ2v) is 18.2. The van der Waals surface area contributed by atoms with Crippen LogP contribution in [0.25, 0.3) is 0 Å². The molecule has 1 saturated heterocycles. The van der Waals surface area contributed by atoms with Crippen molar-refractivity contribution in [1.29, 1.82) is 0 Å². The van der Waals surface area contributed by atoms with Crippen molar-refractivity contribution in [1.82, 2.24) is 5.32 Å². The molecule has 1 rings (SSSR count). The maximum Gasteiger partial charge on any atom is 0.397 e. The van der Waals surface area contributed by atoms with Crippen LogP contribution in [0.3, 0.4) is 0 Å². The van der Waals surface area contributed by atoms with Crippen LogP contribution in [0.4, 0.5) is 0 Å². The summed E-state index contributed by atoms with van der Waals surface area (Å²) in [6, 6.07) is -1.12. The van der Waals surface area contributed by atoms with Crippen LogP contribution in [0.5, 0.6) is 0 Å². The molecule has 1 fully saturated rings. The van der Waals surface area contributed by atoms with Gasteiger partial charge in [0.05, 0.1) is 25.4 Å². The monoisotopic (exact) mass is 892 g/mol. The summed E-state index contributed by atoms with van der Waals surface area (Å²) in [7, 11) is -5.12. The highest BCUT2D eigenvalue weighted by Gasteiger charge is 2.48. The van der Waals surface area contributed by atoms with E-state index in [0.717, 1.165) is 51.4 Å². The summed E-state index contributed by atoms with van der Waals surface area (Å²) in [6.45, 7) is 3.22. The van der Waals surface area contributed by atoms with Crippen LogP contribution in [-0.2, 0) is 28.9 Å². The largest absolute Gasteiger partial charge is 0.397 e. The van der Waals surface area contributed by atoms with Crippen molar-refractivity contribution >= 4 is 16.3 Å². The van der Waals surface area contributed by atoms with Gasteiger partial charge in [-0.05, 0) is 44.9 Å². The van der Waals surface area contributed by atoms with E-state index in [2.05, 4.69) is 35.5 Å². The maximum atomic E-state index is 13.1. The first-order chi connectivity index (χ1) is 29.4. The smallest absolute Gasteiger partial charge is 0.394 e. The fraction of sp³-hybridized carbons (Fsp3) is 0.894. The van der Waals surface area contributed by atoms with Gasteiger partial charge in [-0.2, -0.15) is 8.42 Å². The van der Waals surface area contributed by atoms with Gasteiger partial charge in [-0.3, -0.25) is 9.35 Å². The van der Waals surface area contributed by atoms with E-state index in [-0.39, 0.29) is 6.42 Å². The molecule has 0 radical (unpaired) electrons. The van der Waals surface area contributed by atoms with Crippen molar-refractivity contribution in [2.75, 3.05) is 13.2 Å². The Labute approximate surface area is 370 Å². The third-order valence-electron chi connectivity index (χ3n) is 11.6. The van der Waals surface area contributed by atoms with Gasteiger partial charge in [-0.25, -0.2) is 4.18 Å². The van der Waals surface area contributed by atoms with E-state index in [1.54, 1.807) is 0 Å². The van der Waals surface area contributed by atoms with Gasteiger partial charge in [0.15, 0.2) is 6.29 Å². The third-order valence-corrected chi connectivity index (χ3v) is 12.0. The summed E-state index contributed by atoms with van der Waals surface area (Å²) in [4.78, 5) is 13.1. The zero-order valence-corrected chi connectivity index (χ0v) is 38.9. The van der Waals surface area contributed by atoms with E-state index in [0.29, 0.717) is 12.8 Å². The van der Waals surface area contributed by atoms with Crippen molar-refractivity contribution in [2.24, 2.45) is 0 Å². The van der Waals surface area contributed by atoms with Crippen LogP contribution in [0.1, 0.15) is 206 Å². The average molecular weight is 892 g/mol. The molecule has 0 aromatic carbocycles. The van der Waals surface area contributed by atoms with Crippen molar-refractivity contribution < 1.29 is 57.0 Å². The number of hydrogen-bond acceptors (Lipinski definition) is 11. The number of ether oxygens (including phenoxy) is 2. The van der Waals surface area contributed by atoms with Crippen LogP contribution < -0.4 is 5.32 Å². The minimum absolute atomic E-state index is 0.230. The molecule has 14 heteroatoms. The Bertz CT molecular complexity index is 1200. The number of amides is 1. The number of unbranched alkanes of at least 4 members (excludes halogenated alkanes) is 26. The molecule has 61 heavy (non-hydrogen) atoms. The van der Waals surface area contributed by atoms with E-state index < -0.39 is 78.5 Å². The minimum atomic E-state index is -5.12. The average Bonchev–Trinajstić information content (AvgIpc) is 3.23. The number of aliphatic hydroxyl groups excluding tert-OH is 5. The predicted molar refractivity (Wildman–Crippen MR) is 242 cm³/mol. The lowest BCUT2D eigenvalue weighted by Crippen LogP contribution is -2.61. The number of carbonyl (C=O) groups is 1. The second-order valence-electron chi connectivity index (χ2n) is 17.2. The van der Waals surface area contributed by atoms with Gasteiger partial charge >= 0.3 is 10.4 Å². The molecule has 0 spiro atoms. The quantitative estimate of drug-likeness (QED) is 0.0175. The summed E-state index contributed by atoms with van der Waals surface area (Å²) in [5.41, 5.74) is 0. The van der Waals surface area contributed by atoms with Gasteiger partial charge in [-0.15, -0.1) is 0 Å². The van der Waals surface area contributed by atoms with Gasteiger partial charge in [0, 0.05) is 0 Å². The van der Waals surface area contributed by atoms with E-state index in [4.69, 9.17) is 9.47 Å². The first-order valence-corrected chi connectivity index (χ1v) is 25.7. The molecular formula is C47H89NO12S. The van der Waals surface area contributed by atoms with E-state index in [1.165, 1.54) is 128 Å². The van der Waals surface area contributed by atoms with Crippen LogP contribution in [0, 0.1) is 0 Å². The van der Waals surface area contributed by atoms with Crippen molar-refractivity contribution in [3.8, 4) is 0 Å². The molecule has 360 valence electrons. The first-order valence-electron chi connectivity index (χ1n) is 24.3. The SMILES string of the molecule is CCCCCCCCCCC/C=C\CCCCCCC(O)C(=O)NC(COC1OC(CO)C(O)C(OS(=O)(=O)O)C1O)C(O)/C=C/CCCCCCCCCCCCCCC. The molecule has 8 unspecified atom stereocenters. The van der Waals surface area contributed by atoms with E-state index >= 15 is 0 Å². The molecule has 8 atom stereocenters. The van der Waals surface area contributed by atoms with Crippen LogP contribution >= 0.6 is 0 Å². The Morgan fingerprint density at radius 3 is 1.52 bits per heavy atom. The highest BCUT2D eigenvalue weighted by Crippen LogP contribution is 2.26. The zero-order chi connectivity index (χ0) is 45.0. The summed E-state index contributed by atoms with van der Waals surface area (Å²) < 4.78 is 47.5. The van der Waals surface area contributed by atoms with Crippen molar-refractivity contribution in [3.63, 3.8) is 0 Å². The normalized spacial score (nSPS) is 21.3. The molecule has 0 aromatic heterocycles. The second kappa shape index (κ2) is 37.9. The lowest BCUT2D eigenvalue weighted by atomic mass is 9.99. The van der Waals surface area contributed by atoms with Gasteiger partial charge in [-0.1, -0.05) is 186 Å². The molecular weight excluding hydrogens is 803 g/mol. The number of aliphatic hydroxyl groups is 5. The third kappa shape index (κ3) is 30.3. The van der Waals surface area contributed by atoms with E-state index in [1.807, 2.05) is 6.08 Å². The summed E-state index contributed by atoms with van der Waals surface area (Å²) in [6.07, 6.45) is 31.1. The molecule has 0 aromatic rings. The highest BCUT2D eigenvalue weighted by atomic mass is 32.3. The lowest BCUT2D eigenvalue weighted by Gasteiger charge is -2.41. The summed E-state index contributed by atoms with van der Waals surface area (Å²) in [5, 5.41) is 55.2. The number of hydrogen-bond donors (Lipinski definition) is 7. The minimum Gasteiger partial charge on any atom is -0.394 e. The Balaban J connectivity index is 2.57. The zero-order valence-electron chi connectivity index (χ0n) is 38.1. The molecule has 0 bridgehead atoms. The molecule has 1 aliphatic heterocycles. The number of allylic oxidation sites excluding steroid dienone is 3. The standard InChI is InChI=1S/C47H89NO12S/c1-3-5-7-9-11-13-15-17-19-20-22-24-26-28-30-32-34-36-41(51)46(54)48-39(38-58-47-44(53)45(60-61(55,56)57)43(52)42(37-49)59-47)40(50)35-33-31-29-27-25-23-21-18-16-14-12-10-8-6-4-2/h22,24,33,35,39-45,47,49-53H,3-21,23,25-32,34,36-38H2,1-2H3,(H,48,54)(H,55,56,57)/b24-22-,35-33+. The first kappa shape index (κ1) is 57.6. The maximum absolute atomic E-state index is 13.1. The molecule has 7 N–H and O–H groups in total. The van der Waals surface area contributed by atoms with Crippen molar-refractivity contribution in [2.45, 2.75) is 255 Å². The van der Waals surface area contributed by atoms with Gasteiger partial charge in [0.2, 0.25) is 5.91 Å². The lowest BCUT2D eigenvalue weighted by molar-refractivity contribution is -0.298. The van der Waals surface area contributed by atoms with Gasteiger partial charge in [0.1, 0.15) is 30.5 Å².